The number of para-hydroxylation sites is 1. The molecule has 3 rings (SSSR count). The van der Waals surface area contributed by atoms with Crippen LogP contribution in [0.1, 0.15) is 24.0 Å². The zero-order valence-corrected chi connectivity index (χ0v) is 13.2. The second-order valence-corrected chi connectivity index (χ2v) is 6.37. The molecule has 1 saturated carbocycles. The summed E-state index contributed by atoms with van der Waals surface area (Å²) < 4.78 is 0. The Morgan fingerprint density at radius 1 is 1.22 bits per heavy atom. The number of rotatable bonds is 4. The Morgan fingerprint density at radius 2 is 2.00 bits per heavy atom. The Morgan fingerprint density at radius 3 is 2.65 bits per heavy atom. The molecular formula is C17H15N3O2S. The van der Waals surface area contributed by atoms with Crippen molar-refractivity contribution in [3.05, 3.63) is 52.2 Å². The molecule has 6 heteroatoms. The Bertz CT molecular complexity index is 773. The molecule has 0 unspecified atom stereocenters. The molecule has 2 N–H and O–H groups in total. The number of hydrogen-bond acceptors (Lipinski definition) is 4. The molecule has 1 aromatic carbocycles. The topological polar surface area (TPSA) is 82.0 Å². The molecule has 0 saturated heterocycles. The average Bonchev–Trinajstić information content (AvgIpc) is 3.15. The first-order valence-electron chi connectivity index (χ1n) is 7.26. The van der Waals surface area contributed by atoms with E-state index >= 15 is 0 Å². The third-order valence-corrected chi connectivity index (χ3v) is 4.76. The lowest BCUT2D eigenvalue weighted by molar-refractivity contribution is -0.136. The summed E-state index contributed by atoms with van der Waals surface area (Å²) in [4.78, 5) is 24.0. The summed E-state index contributed by atoms with van der Waals surface area (Å²) in [5, 5.41) is 18.3. The Labute approximate surface area is 137 Å². The minimum Gasteiger partial charge on any atom is -0.347 e. The van der Waals surface area contributed by atoms with E-state index in [0.717, 1.165) is 12.8 Å². The zero-order valence-electron chi connectivity index (χ0n) is 12.3. The smallest absolute Gasteiger partial charge is 0.313 e. The minimum absolute atomic E-state index is 0.0134. The van der Waals surface area contributed by atoms with E-state index in [2.05, 4.69) is 22.1 Å². The maximum Gasteiger partial charge on any atom is 0.313 e. The number of amides is 2. The molecule has 0 aliphatic heterocycles. The van der Waals surface area contributed by atoms with Gasteiger partial charge < -0.3 is 10.6 Å². The maximum atomic E-state index is 12.0. The Hall–Kier alpha value is -2.65. The molecule has 23 heavy (non-hydrogen) atoms. The summed E-state index contributed by atoms with van der Waals surface area (Å²) >= 11 is 1.63. The predicted octanol–water partition coefficient (Wildman–Crippen LogP) is 2.41. The number of nitrogens with one attached hydrogen (secondary N) is 2. The molecule has 0 radical (unpaired) electrons. The molecule has 2 amide bonds. The van der Waals surface area contributed by atoms with E-state index in [4.69, 9.17) is 5.26 Å². The number of thiophene rings is 1. The van der Waals surface area contributed by atoms with Crippen LogP contribution in [0.25, 0.3) is 0 Å². The van der Waals surface area contributed by atoms with E-state index in [1.165, 1.54) is 5.56 Å². The molecule has 1 heterocycles. The molecule has 116 valence electrons. The Balaban J connectivity index is 1.59. The second-order valence-electron chi connectivity index (χ2n) is 5.59. The van der Waals surface area contributed by atoms with Crippen molar-refractivity contribution < 1.29 is 9.59 Å². The van der Waals surface area contributed by atoms with Gasteiger partial charge in [0.15, 0.2) is 0 Å². The van der Waals surface area contributed by atoms with Gasteiger partial charge in [-0.05, 0) is 47.4 Å². The fourth-order valence-electron chi connectivity index (χ4n) is 2.48. The molecular weight excluding hydrogens is 310 g/mol. The summed E-state index contributed by atoms with van der Waals surface area (Å²) in [5.41, 5.74) is 1.87. The van der Waals surface area contributed by atoms with E-state index in [9.17, 15) is 9.59 Å². The number of carbonyl (C=O) groups is 2. The van der Waals surface area contributed by atoms with Gasteiger partial charge in [-0.15, -0.1) is 0 Å². The number of anilines is 1. The van der Waals surface area contributed by atoms with Crippen LogP contribution in [0.5, 0.6) is 0 Å². The van der Waals surface area contributed by atoms with Gasteiger partial charge in [-0.25, -0.2) is 0 Å². The van der Waals surface area contributed by atoms with Gasteiger partial charge in [-0.1, -0.05) is 12.1 Å². The normalized spacial score (nSPS) is 14.6. The highest BCUT2D eigenvalue weighted by molar-refractivity contribution is 7.08. The van der Waals surface area contributed by atoms with Crippen LogP contribution in [0.15, 0.2) is 41.1 Å². The largest absolute Gasteiger partial charge is 0.347 e. The van der Waals surface area contributed by atoms with Crippen molar-refractivity contribution in [3.8, 4) is 6.07 Å². The molecule has 1 aliphatic carbocycles. The zero-order chi connectivity index (χ0) is 16.3. The number of nitriles is 1. The van der Waals surface area contributed by atoms with Gasteiger partial charge in [-0.3, -0.25) is 9.59 Å². The summed E-state index contributed by atoms with van der Waals surface area (Å²) in [7, 11) is 0. The number of nitrogens with zero attached hydrogens (tertiary/aromatic N) is 1. The Kier molecular flexibility index (Phi) is 4.13. The van der Waals surface area contributed by atoms with Crippen molar-refractivity contribution in [3.63, 3.8) is 0 Å². The van der Waals surface area contributed by atoms with Gasteiger partial charge in [0.25, 0.3) is 0 Å². The lowest BCUT2D eigenvalue weighted by Gasteiger charge is -2.14. The molecule has 0 bridgehead atoms. The second kappa shape index (κ2) is 6.23. The van der Waals surface area contributed by atoms with Crippen molar-refractivity contribution in [2.75, 3.05) is 11.9 Å². The van der Waals surface area contributed by atoms with Gasteiger partial charge in [-0.2, -0.15) is 16.6 Å². The molecule has 0 spiro atoms. The van der Waals surface area contributed by atoms with Crippen LogP contribution in [0.3, 0.4) is 0 Å². The monoisotopic (exact) mass is 325 g/mol. The highest BCUT2D eigenvalue weighted by Crippen LogP contribution is 2.48. The van der Waals surface area contributed by atoms with Crippen molar-refractivity contribution in [2.45, 2.75) is 18.3 Å². The molecule has 1 aliphatic rings. The van der Waals surface area contributed by atoms with Crippen LogP contribution < -0.4 is 10.6 Å². The van der Waals surface area contributed by atoms with Crippen molar-refractivity contribution >= 4 is 28.8 Å². The minimum atomic E-state index is -0.756. The number of hydrogen-bond donors (Lipinski definition) is 2. The first kappa shape index (κ1) is 15.3. The van der Waals surface area contributed by atoms with Gasteiger partial charge in [0.2, 0.25) is 0 Å². The van der Waals surface area contributed by atoms with E-state index in [0.29, 0.717) is 17.8 Å². The van der Waals surface area contributed by atoms with Crippen LogP contribution >= 0.6 is 11.3 Å². The fourth-order valence-corrected chi connectivity index (χ4v) is 3.26. The lowest BCUT2D eigenvalue weighted by atomic mass is 9.99. The highest BCUT2D eigenvalue weighted by Gasteiger charge is 2.44. The number of benzene rings is 1. The SMILES string of the molecule is N#Cc1ccccc1NC(=O)C(=O)NCC1(c2ccsc2)CC1. The predicted molar refractivity (Wildman–Crippen MR) is 88.0 cm³/mol. The van der Waals surface area contributed by atoms with E-state index < -0.39 is 11.8 Å². The van der Waals surface area contributed by atoms with Crippen molar-refractivity contribution in [2.24, 2.45) is 0 Å². The average molecular weight is 325 g/mol. The standard InChI is InChI=1S/C17H15N3O2S/c18-9-12-3-1-2-4-14(12)20-16(22)15(21)19-11-17(6-7-17)13-5-8-23-10-13/h1-5,8,10H,6-7,11H2,(H,19,21)(H,20,22). The van der Waals surface area contributed by atoms with Crippen LogP contribution in [0.4, 0.5) is 5.69 Å². The van der Waals surface area contributed by atoms with Crippen LogP contribution in [0.2, 0.25) is 0 Å². The molecule has 1 fully saturated rings. The third-order valence-electron chi connectivity index (χ3n) is 4.08. The van der Waals surface area contributed by atoms with Gasteiger partial charge >= 0.3 is 11.8 Å². The van der Waals surface area contributed by atoms with Gasteiger partial charge in [0, 0.05) is 12.0 Å². The maximum absolute atomic E-state index is 12.0. The summed E-state index contributed by atoms with van der Waals surface area (Å²) in [6.45, 7) is 0.454. The van der Waals surface area contributed by atoms with E-state index in [1.54, 1.807) is 35.6 Å². The van der Waals surface area contributed by atoms with Gasteiger partial charge in [0.05, 0.1) is 11.3 Å². The molecule has 1 aromatic heterocycles. The quantitative estimate of drug-likeness (QED) is 0.847. The van der Waals surface area contributed by atoms with Crippen LogP contribution in [0, 0.1) is 11.3 Å². The first-order valence-corrected chi connectivity index (χ1v) is 8.20. The van der Waals surface area contributed by atoms with Crippen LogP contribution in [-0.2, 0) is 15.0 Å². The van der Waals surface area contributed by atoms with Gasteiger partial charge in [0.1, 0.15) is 6.07 Å². The lowest BCUT2D eigenvalue weighted by Crippen LogP contribution is -2.39. The van der Waals surface area contributed by atoms with Crippen molar-refractivity contribution in [1.82, 2.24) is 5.32 Å². The summed E-state index contributed by atoms with van der Waals surface area (Å²) in [5.74, 6) is -1.44. The van der Waals surface area contributed by atoms with E-state index in [1.807, 2.05) is 11.4 Å². The highest BCUT2D eigenvalue weighted by atomic mass is 32.1. The number of carbonyl (C=O) groups excluding carboxylic acids is 2. The third kappa shape index (κ3) is 3.25. The van der Waals surface area contributed by atoms with Crippen LogP contribution in [-0.4, -0.2) is 18.4 Å². The molecule has 0 atom stereocenters. The summed E-state index contributed by atoms with van der Waals surface area (Å²) in [6.07, 6.45) is 2.03. The summed E-state index contributed by atoms with van der Waals surface area (Å²) in [6, 6.07) is 10.6. The first-order chi connectivity index (χ1) is 11.1. The molecule has 5 nitrogen and oxygen atoms in total. The molecule has 2 aromatic rings. The van der Waals surface area contributed by atoms with Crippen molar-refractivity contribution in [1.29, 1.82) is 5.26 Å². The fraction of sp³-hybridized carbons (Fsp3) is 0.235. The van der Waals surface area contributed by atoms with E-state index in [-0.39, 0.29) is 5.41 Å².